The lowest BCUT2D eigenvalue weighted by atomic mass is 10.1. The van der Waals surface area contributed by atoms with Crippen molar-refractivity contribution in [2.24, 2.45) is 5.92 Å². The fourth-order valence-corrected chi connectivity index (χ4v) is 0.338. The first-order valence-corrected chi connectivity index (χ1v) is 2.79. The van der Waals surface area contributed by atoms with Gasteiger partial charge in [-0.15, -0.1) is 11.8 Å². The number of hydrogen-bond acceptors (Lipinski definition) is 1. The second kappa shape index (κ2) is 3.96. The summed E-state index contributed by atoms with van der Waals surface area (Å²) in [5.41, 5.74) is 0. The maximum Gasteiger partial charge on any atom is 0.359 e. The number of hydrogen-bond donors (Lipinski definition) is 0. The van der Waals surface area contributed by atoms with Gasteiger partial charge in [-0.25, -0.2) is 9.90 Å². The van der Waals surface area contributed by atoms with Crippen LogP contribution in [0.5, 0.6) is 0 Å². The van der Waals surface area contributed by atoms with Crippen LogP contribution in [-0.4, -0.2) is 5.97 Å². The third-order valence-electron chi connectivity index (χ3n) is 0.987. The number of rotatable bonds is 2. The number of carbonyl (C=O) groups is 1. The minimum Gasteiger partial charge on any atom is -0.247 e. The van der Waals surface area contributed by atoms with Gasteiger partial charge in [-0.3, -0.25) is 0 Å². The largest absolute Gasteiger partial charge is 0.359 e. The lowest BCUT2D eigenvalue weighted by molar-refractivity contribution is -0.147. The molecule has 1 radical (unpaired) electrons. The summed E-state index contributed by atoms with van der Waals surface area (Å²) in [6, 6.07) is 0. The summed E-state index contributed by atoms with van der Waals surface area (Å²) >= 11 is 0. The molecule has 0 amide bonds. The summed E-state index contributed by atoms with van der Waals surface area (Å²) in [6.07, 6.45) is 0.388. The Morgan fingerprint density at radius 3 is 2.56 bits per heavy atom. The molecular weight excluding hydrogens is 116 g/mol. The highest BCUT2D eigenvalue weighted by Crippen LogP contribution is 1.98. The zero-order chi connectivity index (χ0) is 7.28. The Kier molecular flexibility index (Phi) is 3.54. The van der Waals surface area contributed by atoms with Gasteiger partial charge in [-0.1, -0.05) is 6.92 Å². The third-order valence-corrected chi connectivity index (χ3v) is 0.987. The topological polar surface area (TPSA) is 37.0 Å². The SMILES string of the molecule is CC#CCC(C)C([O])=O. The molecule has 0 saturated carbocycles. The van der Waals surface area contributed by atoms with E-state index < -0.39 is 11.9 Å². The maximum atomic E-state index is 10.0. The predicted octanol–water partition coefficient (Wildman–Crippen LogP) is 0.993. The zero-order valence-corrected chi connectivity index (χ0v) is 5.60. The van der Waals surface area contributed by atoms with Gasteiger partial charge in [0, 0.05) is 6.42 Å². The molecule has 49 valence electrons. The lowest BCUT2D eigenvalue weighted by Crippen LogP contribution is -2.06. The molecule has 0 aromatic carbocycles. The summed E-state index contributed by atoms with van der Waals surface area (Å²) in [7, 11) is 0. The molecule has 0 aromatic heterocycles. The Balaban J connectivity index is 3.59. The lowest BCUT2D eigenvalue weighted by Gasteiger charge is -1.93. The van der Waals surface area contributed by atoms with E-state index in [1.54, 1.807) is 13.8 Å². The highest BCUT2D eigenvalue weighted by molar-refractivity contribution is 5.69. The van der Waals surface area contributed by atoms with Crippen LogP contribution in [-0.2, 0) is 9.90 Å². The van der Waals surface area contributed by atoms with Gasteiger partial charge in [0.1, 0.15) is 0 Å². The molecular formula is C7H9O2. The summed E-state index contributed by atoms with van der Waals surface area (Å²) in [4.78, 5) is 10.0. The summed E-state index contributed by atoms with van der Waals surface area (Å²) in [5.74, 6) is 3.79. The first-order valence-electron chi connectivity index (χ1n) is 2.79. The summed E-state index contributed by atoms with van der Waals surface area (Å²) in [6.45, 7) is 3.27. The van der Waals surface area contributed by atoms with Crippen molar-refractivity contribution in [3.05, 3.63) is 0 Å². The van der Waals surface area contributed by atoms with E-state index in [0.29, 0.717) is 6.42 Å². The van der Waals surface area contributed by atoms with E-state index in [2.05, 4.69) is 11.8 Å². The van der Waals surface area contributed by atoms with E-state index in [0.717, 1.165) is 0 Å². The fourth-order valence-electron chi connectivity index (χ4n) is 0.338. The first-order chi connectivity index (χ1) is 4.18. The molecule has 0 saturated heterocycles. The monoisotopic (exact) mass is 125 g/mol. The van der Waals surface area contributed by atoms with E-state index in [9.17, 15) is 9.90 Å². The van der Waals surface area contributed by atoms with Crippen LogP contribution in [0, 0.1) is 17.8 Å². The van der Waals surface area contributed by atoms with E-state index in [-0.39, 0.29) is 0 Å². The van der Waals surface area contributed by atoms with E-state index in [1.807, 2.05) is 0 Å². The average Bonchev–Trinajstić information content (AvgIpc) is 1.82. The van der Waals surface area contributed by atoms with Crippen LogP contribution in [0.15, 0.2) is 0 Å². The van der Waals surface area contributed by atoms with E-state index >= 15 is 0 Å². The van der Waals surface area contributed by atoms with Crippen LogP contribution in [0.3, 0.4) is 0 Å². The second-order valence-corrected chi connectivity index (χ2v) is 1.85. The number of carbonyl (C=O) groups excluding carboxylic acids is 1. The molecule has 0 aliphatic rings. The van der Waals surface area contributed by atoms with Crippen molar-refractivity contribution in [3.8, 4) is 11.8 Å². The normalized spacial score (nSPS) is 11.3. The quantitative estimate of drug-likeness (QED) is 0.507. The molecule has 1 unspecified atom stereocenters. The van der Waals surface area contributed by atoms with Crippen LogP contribution in [0.2, 0.25) is 0 Å². The average molecular weight is 125 g/mol. The molecule has 0 heterocycles. The molecule has 0 aromatic rings. The van der Waals surface area contributed by atoms with Crippen molar-refractivity contribution in [2.75, 3.05) is 0 Å². The Labute approximate surface area is 54.9 Å². The van der Waals surface area contributed by atoms with Gasteiger partial charge < -0.3 is 0 Å². The fraction of sp³-hybridized carbons (Fsp3) is 0.571. The summed E-state index contributed by atoms with van der Waals surface area (Å²) < 4.78 is 0. The molecule has 2 nitrogen and oxygen atoms in total. The van der Waals surface area contributed by atoms with Gasteiger partial charge in [0.25, 0.3) is 0 Å². The molecule has 0 fully saturated rings. The molecule has 0 N–H and O–H groups in total. The van der Waals surface area contributed by atoms with Gasteiger partial charge in [0.15, 0.2) is 0 Å². The Bertz CT molecular complexity index is 150. The smallest absolute Gasteiger partial charge is 0.247 e. The van der Waals surface area contributed by atoms with E-state index in [4.69, 9.17) is 0 Å². The van der Waals surface area contributed by atoms with Gasteiger partial charge in [0.2, 0.25) is 0 Å². The molecule has 0 aliphatic heterocycles. The minimum atomic E-state index is -1.03. The van der Waals surface area contributed by atoms with Crippen molar-refractivity contribution in [1.29, 1.82) is 0 Å². The van der Waals surface area contributed by atoms with E-state index in [1.165, 1.54) is 0 Å². The van der Waals surface area contributed by atoms with Crippen LogP contribution < -0.4 is 0 Å². The highest BCUT2D eigenvalue weighted by Gasteiger charge is 2.09. The summed E-state index contributed by atoms with van der Waals surface area (Å²) in [5, 5.41) is 10.0. The first kappa shape index (κ1) is 8.03. The van der Waals surface area contributed by atoms with Gasteiger partial charge in [0.05, 0.1) is 5.92 Å². The molecule has 0 rings (SSSR count). The predicted molar refractivity (Wildman–Crippen MR) is 32.9 cm³/mol. The maximum absolute atomic E-state index is 10.0. The zero-order valence-electron chi connectivity index (χ0n) is 5.60. The van der Waals surface area contributed by atoms with Crippen LogP contribution >= 0.6 is 0 Å². The molecule has 9 heavy (non-hydrogen) atoms. The van der Waals surface area contributed by atoms with Gasteiger partial charge >= 0.3 is 5.97 Å². The Morgan fingerprint density at radius 1 is 1.67 bits per heavy atom. The second-order valence-electron chi connectivity index (χ2n) is 1.85. The van der Waals surface area contributed by atoms with Crippen molar-refractivity contribution >= 4 is 5.97 Å². The minimum absolute atomic E-state index is 0.388. The molecule has 2 heteroatoms. The van der Waals surface area contributed by atoms with Crippen LogP contribution in [0.25, 0.3) is 0 Å². The Hall–Kier alpha value is -0.970. The molecule has 0 bridgehead atoms. The molecule has 1 atom stereocenters. The van der Waals surface area contributed by atoms with Crippen LogP contribution in [0.1, 0.15) is 20.3 Å². The van der Waals surface area contributed by atoms with Crippen LogP contribution in [0.4, 0.5) is 0 Å². The Morgan fingerprint density at radius 2 is 2.22 bits per heavy atom. The van der Waals surface area contributed by atoms with Crippen molar-refractivity contribution in [2.45, 2.75) is 20.3 Å². The van der Waals surface area contributed by atoms with Gasteiger partial charge in [-0.05, 0) is 6.92 Å². The highest BCUT2D eigenvalue weighted by atomic mass is 16.4. The van der Waals surface area contributed by atoms with Gasteiger partial charge in [-0.2, -0.15) is 0 Å². The molecule has 0 aliphatic carbocycles. The molecule has 0 spiro atoms. The van der Waals surface area contributed by atoms with Crippen molar-refractivity contribution < 1.29 is 9.90 Å². The van der Waals surface area contributed by atoms with Crippen molar-refractivity contribution in [1.82, 2.24) is 0 Å². The standard InChI is InChI=1S/C7H9O2/c1-3-4-5-6(2)7(8)9/h6H,5H2,1-2H3. The third kappa shape index (κ3) is 3.60. The van der Waals surface area contributed by atoms with Crippen molar-refractivity contribution in [3.63, 3.8) is 0 Å².